The number of carbonyl (C=O) groups is 2. The zero-order chi connectivity index (χ0) is 16.7. The molecule has 3 aromatic heterocycles. The van der Waals surface area contributed by atoms with Gasteiger partial charge in [0.1, 0.15) is 11.2 Å². The van der Waals surface area contributed by atoms with Crippen molar-refractivity contribution in [3.8, 4) is 0 Å². The Morgan fingerprint density at radius 2 is 2.17 bits per heavy atom. The van der Waals surface area contributed by atoms with Crippen LogP contribution in [0.5, 0.6) is 0 Å². The Bertz CT molecular complexity index is 931. The fourth-order valence-corrected chi connectivity index (χ4v) is 3.08. The lowest BCUT2D eigenvalue weighted by Crippen LogP contribution is -2.31. The first-order valence-electron chi connectivity index (χ1n) is 7.41. The highest BCUT2D eigenvalue weighted by Gasteiger charge is 2.36. The molecular weight excluding hydrogens is 314 g/mol. The zero-order valence-electron chi connectivity index (χ0n) is 12.5. The van der Waals surface area contributed by atoms with Crippen molar-refractivity contribution in [2.45, 2.75) is 18.9 Å². The third-order valence-corrected chi connectivity index (χ3v) is 4.14. The Morgan fingerprint density at radius 3 is 3.00 bits per heavy atom. The first-order valence-corrected chi connectivity index (χ1v) is 7.41. The number of carboxylic acids is 1. The van der Waals surface area contributed by atoms with E-state index in [2.05, 4.69) is 25.6 Å². The van der Waals surface area contributed by atoms with Crippen LogP contribution in [0.15, 0.2) is 24.5 Å². The smallest absolute Gasteiger partial charge is 0.358 e. The van der Waals surface area contributed by atoms with Gasteiger partial charge in [-0.15, -0.1) is 5.10 Å². The number of aromatic amines is 1. The number of amides is 1. The standard InChI is InChI=1S/C14H13N7O3/c22-13(8-7-16-21-9(8)3-1-5-15-21)20-6-2-4-10(20)11-12(14(23)24)18-19-17-11/h1,3,5,7,10H,2,4,6H2,(H,23,24)(H,17,18,19). The van der Waals surface area contributed by atoms with E-state index in [0.29, 0.717) is 24.0 Å². The summed E-state index contributed by atoms with van der Waals surface area (Å²) in [6.07, 6.45) is 4.46. The van der Waals surface area contributed by atoms with Crippen LogP contribution in [0.3, 0.4) is 0 Å². The Balaban J connectivity index is 1.71. The molecule has 1 amide bonds. The second-order valence-electron chi connectivity index (χ2n) is 5.48. The van der Waals surface area contributed by atoms with Crippen LogP contribution in [0.1, 0.15) is 45.4 Å². The SMILES string of the molecule is O=C(O)c1n[nH]nc1C1CCCN1C(=O)c1cnn2ncccc12. The number of aromatic carboxylic acids is 1. The maximum atomic E-state index is 12.9. The topological polar surface area (TPSA) is 129 Å². The molecule has 0 saturated carbocycles. The Morgan fingerprint density at radius 1 is 1.29 bits per heavy atom. The predicted molar refractivity (Wildman–Crippen MR) is 79.3 cm³/mol. The molecule has 2 N–H and O–H groups in total. The van der Waals surface area contributed by atoms with Crippen molar-refractivity contribution in [3.05, 3.63) is 41.5 Å². The van der Waals surface area contributed by atoms with E-state index in [0.717, 1.165) is 6.42 Å². The minimum absolute atomic E-state index is 0.152. The molecule has 4 rings (SSSR count). The number of aromatic nitrogens is 6. The van der Waals surface area contributed by atoms with Gasteiger partial charge in [-0.1, -0.05) is 0 Å². The summed E-state index contributed by atoms with van der Waals surface area (Å²) in [5.74, 6) is -1.39. The molecule has 1 unspecified atom stereocenters. The number of H-pyrrole nitrogens is 1. The number of likely N-dealkylation sites (tertiary alicyclic amines) is 1. The summed E-state index contributed by atoms with van der Waals surface area (Å²) in [4.78, 5) is 25.8. The van der Waals surface area contributed by atoms with E-state index in [1.54, 1.807) is 23.2 Å². The first kappa shape index (κ1) is 14.3. The fourth-order valence-electron chi connectivity index (χ4n) is 3.08. The fraction of sp³-hybridized carbons (Fsp3) is 0.286. The van der Waals surface area contributed by atoms with Crippen molar-refractivity contribution >= 4 is 17.4 Å². The Hall–Kier alpha value is -3.30. The van der Waals surface area contributed by atoms with E-state index in [1.165, 1.54) is 10.8 Å². The maximum absolute atomic E-state index is 12.9. The number of carbonyl (C=O) groups excluding carboxylic acids is 1. The molecule has 0 aliphatic carbocycles. The Labute approximate surface area is 135 Å². The molecule has 3 aromatic rings. The summed E-state index contributed by atoms with van der Waals surface area (Å²) in [7, 11) is 0. The lowest BCUT2D eigenvalue weighted by Gasteiger charge is -2.23. The van der Waals surface area contributed by atoms with E-state index in [4.69, 9.17) is 0 Å². The molecule has 1 atom stereocenters. The largest absolute Gasteiger partial charge is 0.476 e. The highest BCUT2D eigenvalue weighted by atomic mass is 16.4. The number of carboxylic acid groups (broad SMARTS) is 1. The van der Waals surface area contributed by atoms with E-state index < -0.39 is 12.0 Å². The number of hydrogen-bond donors (Lipinski definition) is 2. The highest BCUT2D eigenvalue weighted by Crippen LogP contribution is 2.33. The summed E-state index contributed by atoms with van der Waals surface area (Å²) in [5.41, 5.74) is 1.16. The second kappa shape index (κ2) is 5.41. The number of nitrogens with zero attached hydrogens (tertiary/aromatic N) is 6. The third kappa shape index (κ3) is 2.11. The van der Waals surface area contributed by atoms with Crippen LogP contribution in [-0.2, 0) is 0 Å². The van der Waals surface area contributed by atoms with E-state index in [1.807, 2.05) is 0 Å². The van der Waals surface area contributed by atoms with Gasteiger partial charge < -0.3 is 10.0 Å². The number of fused-ring (bicyclic) bond motifs is 1. The lowest BCUT2D eigenvalue weighted by molar-refractivity contribution is 0.0672. The molecule has 24 heavy (non-hydrogen) atoms. The van der Waals surface area contributed by atoms with Crippen LogP contribution in [0, 0.1) is 0 Å². The summed E-state index contributed by atoms with van der Waals surface area (Å²) >= 11 is 0. The number of hydrogen-bond acceptors (Lipinski definition) is 6. The van der Waals surface area contributed by atoms with Crippen molar-refractivity contribution < 1.29 is 14.7 Å². The molecule has 1 aliphatic heterocycles. The van der Waals surface area contributed by atoms with E-state index >= 15 is 0 Å². The second-order valence-corrected chi connectivity index (χ2v) is 5.48. The summed E-state index contributed by atoms with van der Waals surface area (Å²) in [5, 5.41) is 27.3. The minimum Gasteiger partial charge on any atom is -0.476 e. The summed E-state index contributed by atoms with van der Waals surface area (Å²) in [6.45, 7) is 0.521. The van der Waals surface area contributed by atoms with Gasteiger partial charge in [0.25, 0.3) is 5.91 Å². The molecule has 0 bridgehead atoms. The van der Waals surface area contributed by atoms with Crippen LogP contribution in [-0.4, -0.2) is 58.7 Å². The van der Waals surface area contributed by atoms with Crippen molar-refractivity contribution in [2.75, 3.05) is 6.54 Å². The highest BCUT2D eigenvalue weighted by molar-refractivity contribution is 6.01. The summed E-state index contributed by atoms with van der Waals surface area (Å²) in [6, 6.07) is 3.07. The van der Waals surface area contributed by atoms with E-state index in [9.17, 15) is 14.7 Å². The molecule has 1 fully saturated rings. The molecule has 10 heteroatoms. The average molecular weight is 327 g/mol. The number of nitrogens with one attached hydrogen (secondary N) is 1. The molecule has 1 saturated heterocycles. The third-order valence-electron chi connectivity index (χ3n) is 4.14. The average Bonchev–Trinajstić information content (AvgIpc) is 3.31. The minimum atomic E-state index is -1.17. The van der Waals surface area contributed by atoms with Crippen LogP contribution in [0.2, 0.25) is 0 Å². The van der Waals surface area contributed by atoms with Crippen molar-refractivity contribution in [2.24, 2.45) is 0 Å². The zero-order valence-corrected chi connectivity index (χ0v) is 12.5. The first-order chi connectivity index (χ1) is 11.7. The van der Waals surface area contributed by atoms with Crippen LogP contribution >= 0.6 is 0 Å². The summed E-state index contributed by atoms with van der Waals surface area (Å²) < 4.78 is 1.39. The van der Waals surface area contributed by atoms with Gasteiger partial charge in [-0.3, -0.25) is 4.79 Å². The predicted octanol–water partition coefficient (Wildman–Crippen LogP) is 0.523. The molecule has 0 spiro atoms. The van der Waals surface area contributed by atoms with Gasteiger partial charge >= 0.3 is 5.97 Å². The van der Waals surface area contributed by atoms with Crippen LogP contribution in [0.4, 0.5) is 0 Å². The molecule has 10 nitrogen and oxygen atoms in total. The van der Waals surface area contributed by atoms with Crippen LogP contribution < -0.4 is 0 Å². The van der Waals surface area contributed by atoms with Gasteiger partial charge in [0.2, 0.25) is 0 Å². The molecule has 0 radical (unpaired) electrons. The van der Waals surface area contributed by atoms with Crippen molar-refractivity contribution in [1.82, 2.24) is 35.1 Å². The monoisotopic (exact) mass is 327 g/mol. The van der Waals surface area contributed by atoms with Gasteiger partial charge in [-0.25, -0.2) is 4.79 Å². The molecular formula is C14H13N7O3. The van der Waals surface area contributed by atoms with E-state index in [-0.39, 0.29) is 17.3 Å². The van der Waals surface area contributed by atoms with Gasteiger partial charge in [0.05, 0.1) is 17.8 Å². The van der Waals surface area contributed by atoms with Gasteiger partial charge in [0.15, 0.2) is 5.69 Å². The van der Waals surface area contributed by atoms with Crippen molar-refractivity contribution in [3.63, 3.8) is 0 Å². The van der Waals surface area contributed by atoms with Crippen molar-refractivity contribution in [1.29, 1.82) is 0 Å². The molecule has 4 heterocycles. The normalized spacial score (nSPS) is 17.5. The number of rotatable bonds is 3. The van der Waals surface area contributed by atoms with Gasteiger partial charge in [-0.2, -0.15) is 25.1 Å². The van der Waals surface area contributed by atoms with Gasteiger partial charge in [0, 0.05) is 12.7 Å². The molecule has 122 valence electrons. The molecule has 1 aliphatic rings. The molecule has 0 aromatic carbocycles. The van der Waals surface area contributed by atoms with Crippen LogP contribution in [0.25, 0.3) is 5.52 Å². The lowest BCUT2D eigenvalue weighted by atomic mass is 10.1. The quantitative estimate of drug-likeness (QED) is 0.717. The van der Waals surface area contributed by atoms with Gasteiger partial charge in [-0.05, 0) is 25.0 Å². The maximum Gasteiger partial charge on any atom is 0.358 e. The Kier molecular flexibility index (Phi) is 3.22.